The number of methoxy groups -OCH3 is 1. The molecule has 0 spiro atoms. The Hall–Kier alpha value is -1.73. The number of hydrogen-bond donors (Lipinski definition) is 0. The van der Waals surface area contributed by atoms with Gasteiger partial charge in [-0.1, -0.05) is 0 Å². The Kier molecular flexibility index (Phi) is 3.18. The molecular formula is C7H7BF3NO3. The van der Waals surface area contributed by atoms with E-state index in [1.807, 2.05) is 0 Å². The third-order valence-corrected chi connectivity index (χ3v) is 1.46. The van der Waals surface area contributed by atoms with Crippen molar-refractivity contribution in [2.75, 3.05) is 7.11 Å². The van der Waals surface area contributed by atoms with Crippen LogP contribution in [0.1, 0.15) is 10.4 Å². The summed E-state index contributed by atoms with van der Waals surface area (Å²) in [6.45, 7) is 0. The molecule has 8 heteroatoms. The fourth-order valence-corrected chi connectivity index (χ4v) is 0.875. The van der Waals surface area contributed by atoms with E-state index in [1.165, 1.54) is 7.11 Å². The first kappa shape index (κ1) is 11.4. The molecule has 0 unspecified atom stereocenters. The van der Waals surface area contributed by atoms with Crippen molar-refractivity contribution in [3.05, 3.63) is 30.1 Å². The highest BCUT2D eigenvalue weighted by molar-refractivity contribution is 6.50. The molecule has 0 aliphatic heterocycles. The van der Waals surface area contributed by atoms with Gasteiger partial charge in [0.15, 0.2) is 0 Å². The van der Waals surface area contributed by atoms with E-state index in [-0.39, 0.29) is 5.56 Å². The molecule has 0 saturated heterocycles. The van der Waals surface area contributed by atoms with Crippen LogP contribution in [0.3, 0.4) is 0 Å². The normalized spacial score (nSPS) is 10.9. The average molecular weight is 221 g/mol. The first-order valence-corrected chi connectivity index (χ1v) is 3.90. The summed E-state index contributed by atoms with van der Waals surface area (Å²) in [6.07, 6.45) is 1.95. The van der Waals surface area contributed by atoms with Crippen molar-refractivity contribution in [3.63, 3.8) is 0 Å². The molecule has 0 atom stereocenters. The lowest BCUT2D eigenvalue weighted by atomic mass is 10.3. The van der Waals surface area contributed by atoms with Gasteiger partial charge >= 0.3 is 13.1 Å². The first-order valence-electron chi connectivity index (χ1n) is 3.90. The number of nitrogens with zero attached hydrogens (tertiary/aromatic N) is 1. The molecule has 15 heavy (non-hydrogen) atoms. The van der Waals surface area contributed by atoms with Gasteiger partial charge in [-0.3, -0.25) is 0 Å². The Bertz CT molecular complexity index is 351. The minimum absolute atomic E-state index is 0.145. The summed E-state index contributed by atoms with van der Waals surface area (Å²) < 4.78 is 43.8. The average Bonchev–Trinajstić information content (AvgIpc) is 2.15. The fraction of sp³-hybridized carbons (Fsp3) is 0.143. The van der Waals surface area contributed by atoms with Crippen LogP contribution in [0.25, 0.3) is 0 Å². The highest BCUT2D eigenvalue weighted by Gasteiger charge is 2.33. The summed E-state index contributed by atoms with van der Waals surface area (Å²) in [4.78, 5) is 10.9. The summed E-state index contributed by atoms with van der Waals surface area (Å²) in [5.41, 5.74) is 0.145. The predicted molar refractivity (Wildman–Crippen MR) is 43.6 cm³/mol. The zero-order chi connectivity index (χ0) is 11.5. The molecular weight excluding hydrogens is 214 g/mol. The van der Waals surface area contributed by atoms with E-state index in [9.17, 15) is 17.7 Å². The summed E-state index contributed by atoms with van der Waals surface area (Å²) in [6, 6.07) is 2.32. The number of carbonyl (C=O) groups is 1. The predicted octanol–water partition coefficient (Wildman–Crippen LogP) is 0.533. The standard InChI is InChI=1S/C7H7BF3NO3/c1-14-7(13)6-2-4-12(5-3-6)15-8(9,10)11/h2-5H,1H3. The maximum absolute atomic E-state index is 11.8. The van der Waals surface area contributed by atoms with Crippen LogP contribution in [0.2, 0.25) is 0 Å². The minimum atomic E-state index is -5.37. The van der Waals surface area contributed by atoms with Gasteiger partial charge in [-0.2, -0.15) is 0 Å². The quantitative estimate of drug-likeness (QED) is 0.424. The van der Waals surface area contributed by atoms with Crippen LogP contribution in [0.5, 0.6) is 0 Å². The third kappa shape index (κ3) is 3.49. The van der Waals surface area contributed by atoms with E-state index in [2.05, 4.69) is 9.49 Å². The largest absolute Gasteiger partial charge is 0.752 e. The van der Waals surface area contributed by atoms with E-state index in [1.54, 1.807) is 0 Å². The second-order valence-electron chi connectivity index (χ2n) is 2.56. The lowest BCUT2D eigenvalue weighted by Crippen LogP contribution is -2.52. The molecule has 0 fully saturated rings. The van der Waals surface area contributed by atoms with Crippen molar-refractivity contribution in [1.29, 1.82) is 0 Å². The summed E-state index contributed by atoms with van der Waals surface area (Å²) >= 11 is 0. The number of hydrogen-bond acceptors (Lipinski definition) is 3. The van der Waals surface area contributed by atoms with Gasteiger partial charge in [-0.05, 0) is 4.73 Å². The zero-order valence-corrected chi connectivity index (χ0v) is 7.69. The van der Waals surface area contributed by atoms with Crippen molar-refractivity contribution in [2.24, 2.45) is 0 Å². The van der Waals surface area contributed by atoms with Gasteiger partial charge in [0.25, 0.3) is 0 Å². The Morgan fingerprint density at radius 3 is 2.27 bits per heavy atom. The Morgan fingerprint density at radius 1 is 1.33 bits per heavy atom. The maximum Gasteiger partial charge on any atom is 0.752 e. The Morgan fingerprint density at radius 2 is 1.87 bits per heavy atom. The molecule has 1 heterocycles. The van der Waals surface area contributed by atoms with Crippen LogP contribution in [0.15, 0.2) is 24.5 Å². The minimum Gasteiger partial charge on any atom is -0.465 e. The van der Waals surface area contributed by atoms with Gasteiger partial charge in [0.05, 0.1) is 12.7 Å². The van der Waals surface area contributed by atoms with Gasteiger partial charge < -0.3 is 22.4 Å². The Labute approximate surface area is 83.3 Å². The molecule has 0 radical (unpaired) electrons. The maximum atomic E-state index is 11.8. The van der Waals surface area contributed by atoms with Crippen LogP contribution in [0, 0.1) is 0 Å². The molecule has 0 bridgehead atoms. The van der Waals surface area contributed by atoms with E-state index < -0.39 is 13.1 Å². The van der Waals surface area contributed by atoms with Gasteiger partial charge in [0, 0.05) is 12.1 Å². The van der Waals surface area contributed by atoms with Crippen LogP contribution in [-0.2, 0) is 4.74 Å². The van der Waals surface area contributed by atoms with Crippen LogP contribution >= 0.6 is 0 Å². The molecule has 0 amide bonds. The fourth-order valence-electron chi connectivity index (χ4n) is 0.875. The number of ether oxygens (including phenoxy) is 1. The SMILES string of the molecule is COC(=O)c1cc[n+](O[B-](F)(F)F)cc1. The van der Waals surface area contributed by atoms with Crippen molar-refractivity contribution in [2.45, 2.75) is 0 Å². The van der Waals surface area contributed by atoms with E-state index in [0.717, 1.165) is 24.5 Å². The van der Waals surface area contributed by atoms with Crippen molar-refractivity contribution >= 4 is 13.1 Å². The zero-order valence-electron chi connectivity index (χ0n) is 7.69. The summed E-state index contributed by atoms with van der Waals surface area (Å²) in [5.74, 6) is -0.625. The highest BCUT2D eigenvalue weighted by Crippen LogP contribution is 2.03. The Balaban J connectivity index is 2.77. The second-order valence-corrected chi connectivity index (χ2v) is 2.56. The van der Waals surface area contributed by atoms with Crippen molar-refractivity contribution < 1.29 is 32.0 Å². The smallest absolute Gasteiger partial charge is 0.465 e. The molecule has 82 valence electrons. The van der Waals surface area contributed by atoms with Gasteiger partial charge in [0.1, 0.15) is 0 Å². The molecule has 1 aromatic rings. The second kappa shape index (κ2) is 4.20. The first-order chi connectivity index (χ1) is 6.92. The van der Waals surface area contributed by atoms with Crippen LogP contribution in [-0.4, -0.2) is 20.3 Å². The number of aromatic nitrogens is 1. The van der Waals surface area contributed by atoms with Gasteiger partial charge in [-0.25, -0.2) is 4.79 Å². The monoisotopic (exact) mass is 221 g/mol. The summed E-state index contributed by atoms with van der Waals surface area (Å²) in [7, 11) is -4.19. The van der Waals surface area contributed by atoms with Crippen LogP contribution < -0.4 is 9.49 Å². The van der Waals surface area contributed by atoms with Gasteiger partial charge in [-0.15, -0.1) is 0 Å². The summed E-state index contributed by atoms with van der Waals surface area (Å²) in [5, 5.41) is 0. The molecule has 0 saturated carbocycles. The highest BCUT2D eigenvalue weighted by atomic mass is 19.4. The number of rotatable bonds is 3. The molecule has 0 aliphatic rings. The molecule has 0 aromatic carbocycles. The number of halogens is 3. The molecule has 4 nitrogen and oxygen atoms in total. The van der Waals surface area contributed by atoms with Gasteiger partial charge in [0.2, 0.25) is 12.4 Å². The van der Waals surface area contributed by atoms with E-state index in [0.29, 0.717) is 4.73 Å². The molecule has 1 aromatic heterocycles. The lowest BCUT2D eigenvalue weighted by Gasteiger charge is -2.09. The topological polar surface area (TPSA) is 39.4 Å². The lowest BCUT2D eigenvalue weighted by molar-refractivity contribution is -0.868. The van der Waals surface area contributed by atoms with Crippen molar-refractivity contribution in [1.82, 2.24) is 0 Å². The number of esters is 1. The third-order valence-electron chi connectivity index (χ3n) is 1.46. The van der Waals surface area contributed by atoms with Crippen LogP contribution in [0.4, 0.5) is 12.9 Å². The molecule has 1 rings (SSSR count). The van der Waals surface area contributed by atoms with Crippen molar-refractivity contribution in [3.8, 4) is 0 Å². The number of pyridine rings is 1. The molecule has 0 aliphatic carbocycles. The molecule has 0 N–H and O–H groups in total. The van der Waals surface area contributed by atoms with E-state index >= 15 is 0 Å². The van der Waals surface area contributed by atoms with E-state index in [4.69, 9.17) is 0 Å². The number of carbonyl (C=O) groups excluding carboxylic acids is 1.